The Balaban J connectivity index is 1.24. The Kier molecular flexibility index (Phi) is 5.53. The number of aromatic nitrogens is 2. The maximum Gasteiger partial charge on any atom is 0.253 e. The van der Waals surface area contributed by atoms with Crippen LogP contribution in [0.25, 0.3) is 10.9 Å². The summed E-state index contributed by atoms with van der Waals surface area (Å²) in [6.45, 7) is 2.49. The molecule has 0 saturated carbocycles. The van der Waals surface area contributed by atoms with Crippen LogP contribution in [0.15, 0.2) is 85.3 Å². The first kappa shape index (κ1) is 19.6. The fourth-order valence-corrected chi connectivity index (χ4v) is 4.63. The van der Waals surface area contributed by atoms with E-state index in [0.29, 0.717) is 5.92 Å². The molecule has 4 nitrogen and oxygen atoms in total. The van der Waals surface area contributed by atoms with Gasteiger partial charge in [0.2, 0.25) is 0 Å². The van der Waals surface area contributed by atoms with Gasteiger partial charge in [0.15, 0.2) is 0 Å². The third-order valence-corrected chi connectivity index (χ3v) is 6.39. The number of amides is 1. The van der Waals surface area contributed by atoms with E-state index in [2.05, 4.69) is 58.2 Å². The van der Waals surface area contributed by atoms with Crippen LogP contribution in [-0.4, -0.2) is 33.4 Å². The van der Waals surface area contributed by atoms with Gasteiger partial charge in [0.25, 0.3) is 5.91 Å². The largest absolute Gasteiger partial charge is 0.343 e. The highest BCUT2D eigenvalue weighted by atomic mass is 16.2. The Morgan fingerprint density at radius 3 is 2.45 bits per heavy atom. The second-order valence-corrected chi connectivity index (χ2v) is 8.50. The van der Waals surface area contributed by atoms with Crippen LogP contribution < -0.4 is 0 Å². The van der Waals surface area contributed by atoms with E-state index in [1.807, 2.05) is 41.6 Å². The van der Waals surface area contributed by atoms with Crippen molar-refractivity contribution in [1.29, 1.82) is 0 Å². The lowest BCUT2D eigenvalue weighted by Gasteiger charge is -2.32. The number of fused-ring (bicyclic) bond motifs is 1. The standard InChI is InChI=1S/C27H27N3O/c31-27(29-15-10-22(11-16-29)18-21-4-2-1-3-5-21)25-6-7-26-24(19-25)12-17-30(26)20-23-8-13-28-14-9-23/h1-9,12-14,17,19,22H,10-11,15-16,18,20H2. The fraction of sp³-hybridized carbons (Fsp3) is 0.259. The van der Waals surface area contributed by atoms with E-state index in [0.717, 1.165) is 55.4 Å². The molecule has 1 saturated heterocycles. The average Bonchev–Trinajstić information content (AvgIpc) is 3.22. The highest BCUT2D eigenvalue weighted by Crippen LogP contribution is 2.24. The molecule has 0 N–H and O–H groups in total. The van der Waals surface area contributed by atoms with Crippen molar-refractivity contribution >= 4 is 16.8 Å². The van der Waals surface area contributed by atoms with Gasteiger partial charge in [0.1, 0.15) is 0 Å². The number of hydrogen-bond donors (Lipinski definition) is 0. The predicted octanol–water partition coefficient (Wildman–Crippen LogP) is 5.18. The highest BCUT2D eigenvalue weighted by Gasteiger charge is 2.24. The molecule has 0 spiro atoms. The summed E-state index contributed by atoms with van der Waals surface area (Å²) in [5.41, 5.74) is 4.55. The fourth-order valence-electron chi connectivity index (χ4n) is 4.63. The number of pyridine rings is 1. The molecule has 1 aliphatic heterocycles. The molecule has 4 heteroatoms. The van der Waals surface area contributed by atoms with Crippen molar-refractivity contribution in [2.45, 2.75) is 25.8 Å². The summed E-state index contributed by atoms with van der Waals surface area (Å²) in [4.78, 5) is 19.2. The molecule has 0 unspecified atom stereocenters. The third kappa shape index (κ3) is 4.38. The predicted molar refractivity (Wildman–Crippen MR) is 124 cm³/mol. The maximum atomic E-state index is 13.1. The SMILES string of the molecule is O=C(c1ccc2c(ccn2Cc2ccncc2)c1)N1CCC(Cc2ccccc2)CC1. The second-order valence-electron chi connectivity index (χ2n) is 8.50. The van der Waals surface area contributed by atoms with E-state index in [1.54, 1.807) is 0 Å². The monoisotopic (exact) mass is 409 g/mol. The number of likely N-dealkylation sites (tertiary alicyclic amines) is 1. The zero-order valence-electron chi connectivity index (χ0n) is 17.7. The number of nitrogens with zero attached hydrogens (tertiary/aromatic N) is 3. The highest BCUT2D eigenvalue weighted by molar-refractivity contribution is 5.98. The minimum absolute atomic E-state index is 0.155. The van der Waals surface area contributed by atoms with Gasteiger partial charge in [-0.2, -0.15) is 0 Å². The molecule has 0 aliphatic carbocycles. The quantitative estimate of drug-likeness (QED) is 0.456. The Morgan fingerprint density at radius 2 is 1.68 bits per heavy atom. The molecule has 1 fully saturated rings. The van der Waals surface area contributed by atoms with E-state index in [4.69, 9.17) is 0 Å². The van der Waals surface area contributed by atoms with Crippen molar-refractivity contribution < 1.29 is 4.79 Å². The molecular weight excluding hydrogens is 382 g/mol. The normalized spacial score (nSPS) is 14.8. The molecule has 2 aromatic carbocycles. The van der Waals surface area contributed by atoms with Crippen LogP contribution in [-0.2, 0) is 13.0 Å². The molecule has 1 aliphatic rings. The number of piperidine rings is 1. The van der Waals surface area contributed by atoms with Crippen LogP contribution >= 0.6 is 0 Å². The topological polar surface area (TPSA) is 38.1 Å². The van der Waals surface area contributed by atoms with Crippen molar-refractivity contribution in [2.75, 3.05) is 13.1 Å². The van der Waals surface area contributed by atoms with Gasteiger partial charge in [0, 0.05) is 54.7 Å². The lowest BCUT2D eigenvalue weighted by molar-refractivity contribution is 0.0690. The molecule has 1 amide bonds. The van der Waals surface area contributed by atoms with E-state index in [1.165, 1.54) is 11.1 Å². The first-order valence-corrected chi connectivity index (χ1v) is 11.1. The first-order valence-electron chi connectivity index (χ1n) is 11.1. The third-order valence-electron chi connectivity index (χ3n) is 6.39. The van der Waals surface area contributed by atoms with Gasteiger partial charge in [-0.1, -0.05) is 30.3 Å². The summed E-state index contributed by atoms with van der Waals surface area (Å²) in [5, 5.41) is 1.11. The Hall–Kier alpha value is -3.40. The molecular formula is C27H27N3O. The lowest BCUT2D eigenvalue weighted by Crippen LogP contribution is -2.38. The minimum atomic E-state index is 0.155. The molecule has 5 rings (SSSR count). The van der Waals surface area contributed by atoms with Crippen molar-refractivity contribution in [3.8, 4) is 0 Å². The van der Waals surface area contributed by atoms with Gasteiger partial charge in [0.05, 0.1) is 0 Å². The van der Waals surface area contributed by atoms with Crippen LogP contribution in [0.3, 0.4) is 0 Å². The zero-order chi connectivity index (χ0) is 21.0. The number of rotatable bonds is 5. The number of carbonyl (C=O) groups is 1. The van der Waals surface area contributed by atoms with Gasteiger partial charge in [-0.25, -0.2) is 0 Å². The molecule has 31 heavy (non-hydrogen) atoms. The number of hydrogen-bond acceptors (Lipinski definition) is 2. The smallest absolute Gasteiger partial charge is 0.253 e. The van der Waals surface area contributed by atoms with E-state index in [9.17, 15) is 4.79 Å². The molecule has 156 valence electrons. The van der Waals surface area contributed by atoms with E-state index in [-0.39, 0.29) is 5.91 Å². The second kappa shape index (κ2) is 8.76. The van der Waals surface area contributed by atoms with E-state index >= 15 is 0 Å². The summed E-state index contributed by atoms with van der Waals surface area (Å²) < 4.78 is 2.22. The minimum Gasteiger partial charge on any atom is -0.343 e. The molecule has 0 bridgehead atoms. The van der Waals surface area contributed by atoms with Crippen LogP contribution in [0, 0.1) is 5.92 Å². The van der Waals surface area contributed by atoms with Crippen LogP contribution in [0.4, 0.5) is 0 Å². The van der Waals surface area contributed by atoms with Gasteiger partial charge >= 0.3 is 0 Å². The summed E-state index contributed by atoms with van der Waals surface area (Å²) >= 11 is 0. The van der Waals surface area contributed by atoms with Gasteiger partial charge in [-0.3, -0.25) is 9.78 Å². The summed E-state index contributed by atoms with van der Waals surface area (Å²) in [6.07, 6.45) is 8.99. The van der Waals surface area contributed by atoms with Crippen molar-refractivity contribution in [3.05, 3.63) is 102 Å². The van der Waals surface area contributed by atoms with Crippen molar-refractivity contribution in [1.82, 2.24) is 14.5 Å². The molecule has 3 heterocycles. The zero-order valence-corrected chi connectivity index (χ0v) is 17.7. The van der Waals surface area contributed by atoms with Crippen LogP contribution in [0.5, 0.6) is 0 Å². The summed E-state index contributed by atoms with van der Waals surface area (Å²) in [7, 11) is 0. The summed E-state index contributed by atoms with van der Waals surface area (Å²) in [5.74, 6) is 0.818. The van der Waals surface area contributed by atoms with Crippen molar-refractivity contribution in [3.63, 3.8) is 0 Å². The Morgan fingerprint density at radius 1 is 0.903 bits per heavy atom. The molecule has 0 radical (unpaired) electrons. The van der Waals surface area contributed by atoms with Gasteiger partial charge in [-0.05, 0) is 72.7 Å². The van der Waals surface area contributed by atoms with E-state index < -0.39 is 0 Å². The van der Waals surface area contributed by atoms with Crippen molar-refractivity contribution in [2.24, 2.45) is 5.92 Å². The Bertz CT molecular complexity index is 1160. The summed E-state index contributed by atoms with van der Waals surface area (Å²) in [6, 6.07) is 22.9. The number of benzene rings is 2. The number of carbonyl (C=O) groups excluding carboxylic acids is 1. The molecule has 0 atom stereocenters. The maximum absolute atomic E-state index is 13.1. The first-order chi connectivity index (χ1) is 15.3. The van der Waals surface area contributed by atoms with Gasteiger partial charge in [-0.15, -0.1) is 0 Å². The van der Waals surface area contributed by atoms with Gasteiger partial charge < -0.3 is 9.47 Å². The van der Waals surface area contributed by atoms with Crippen LogP contribution in [0.2, 0.25) is 0 Å². The van der Waals surface area contributed by atoms with Crippen LogP contribution in [0.1, 0.15) is 34.3 Å². The average molecular weight is 410 g/mol. The molecule has 4 aromatic rings. The lowest BCUT2D eigenvalue weighted by atomic mass is 9.90. The Labute approximate surface area is 183 Å². The molecule has 2 aromatic heterocycles.